The van der Waals surface area contributed by atoms with Crippen LogP contribution in [0.3, 0.4) is 0 Å². The van der Waals surface area contributed by atoms with Gasteiger partial charge in [-0.3, -0.25) is 9.38 Å². The average molecular weight is 272 g/mol. The molecule has 0 aliphatic heterocycles. The maximum absolute atomic E-state index is 8.86. The Balaban J connectivity index is 1.89. The van der Waals surface area contributed by atoms with Crippen LogP contribution in [0.25, 0.3) is 16.9 Å². The highest BCUT2D eigenvalue weighted by Gasteiger charge is 2.10. The van der Waals surface area contributed by atoms with E-state index in [-0.39, 0.29) is 0 Å². The SMILES string of the molecule is OC(O)CC[n+]1ccc(-c2nccn3cnnc23)cc1. The molecule has 0 saturated heterocycles. The molecule has 0 aromatic carbocycles. The van der Waals surface area contributed by atoms with E-state index in [9.17, 15) is 0 Å². The molecule has 0 fully saturated rings. The number of pyridine rings is 1. The fraction of sp³-hybridized carbons (Fsp3) is 0.231. The molecule has 0 radical (unpaired) electrons. The molecule has 102 valence electrons. The molecule has 7 heteroatoms. The fourth-order valence-electron chi connectivity index (χ4n) is 1.99. The maximum Gasteiger partial charge on any atom is 0.187 e. The number of aromatic nitrogens is 5. The topological polar surface area (TPSA) is 87.4 Å². The summed E-state index contributed by atoms with van der Waals surface area (Å²) in [6.45, 7) is 0.542. The average Bonchev–Trinajstić information content (AvgIpc) is 2.94. The summed E-state index contributed by atoms with van der Waals surface area (Å²) in [5.41, 5.74) is 2.40. The van der Waals surface area contributed by atoms with E-state index in [2.05, 4.69) is 15.2 Å². The Labute approximate surface area is 114 Å². The number of rotatable bonds is 4. The first-order valence-electron chi connectivity index (χ1n) is 6.24. The highest BCUT2D eigenvalue weighted by atomic mass is 16.5. The van der Waals surface area contributed by atoms with Crippen LogP contribution in [0.15, 0.2) is 43.2 Å². The summed E-state index contributed by atoms with van der Waals surface area (Å²) < 4.78 is 3.69. The van der Waals surface area contributed by atoms with Gasteiger partial charge in [0, 0.05) is 30.1 Å². The van der Waals surface area contributed by atoms with Gasteiger partial charge in [0.15, 0.2) is 30.9 Å². The monoisotopic (exact) mass is 272 g/mol. The molecule has 0 unspecified atom stereocenters. The van der Waals surface area contributed by atoms with E-state index in [1.807, 2.05) is 33.5 Å². The molecule has 2 N–H and O–H groups in total. The van der Waals surface area contributed by atoms with Crippen molar-refractivity contribution in [1.29, 1.82) is 0 Å². The lowest BCUT2D eigenvalue weighted by Crippen LogP contribution is -2.34. The highest BCUT2D eigenvalue weighted by molar-refractivity contribution is 5.72. The van der Waals surface area contributed by atoms with Crippen molar-refractivity contribution in [2.24, 2.45) is 0 Å². The van der Waals surface area contributed by atoms with Gasteiger partial charge in [-0.05, 0) is 0 Å². The second-order valence-electron chi connectivity index (χ2n) is 4.43. The standard InChI is InChI=1S/C13H14N5O2/c19-11(20)3-7-17-5-1-10(2-6-17)12-13-16-15-9-18(13)8-4-14-12/h1-2,4-6,8-9,11,19-20H,3,7H2/q+1. The number of aliphatic hydroxyl groups excluding tert-OH is 1. The van der Waals surface area contributed by atoms with E-state index < -0.39 is 6.29 Å². The van der Waals surface area contributed by atoms with E-state index in [4.69, 9.17) is 10.2 Å². The predicted octanol–water partition coefficient (Wildman–Crippen LogP) is -0.220. The first kappa shape index (κ1) is 12.6. The van der Waals surface area contributed by atoms with Crippen molar-refractivity contribution in [3.8, 4) is 11.3 Å². The minimum Gasteiger partial charge on any atom is -0.368 e. The molecule has 0 amide bonds. The van der Waals surface area contributed by atoms with Crippen molar-refractivity contribution >= 4 is 5.65 Å². The van der Waals surface area contributed by atoms with E-state index >= 15 is 0 Å². The van der Waals surface area contributed by atoms with Crippen LogP contribution < -0.4 is 4.57 Å². The van der Waals surface area contributed by atoms with Crippen molar-refractivity contribution < 1.29 is 14.8 Å². The van der Waals surface area contributed by atoms with Gasteiger partial charge in [0.1, 0.15) is 12.0 Å². The van der Waals surface area contributed by atoms with Gasteiger partial charge in [-0.25, -0.2) is 4.57 Å². The molecule has 0 bridgehead atoms. The number of hydrogen-bond donors (Lipinski definition) is 2. The number of nitrogens with zero attached hydrogens (tertiary/aromatic N) is 5. The Morgan fingerprint density at radius 3 is 2.80 bits per heavy atom. The molecule has 0 aliphatic carbocycles. The van der Waals surface area contributed by atoms with Crippen LogP contribution >= 0.6 is 0 Å². The Morgan fingerprint density at radius 1 is 1.25 bits per heavy atom. The molecule has 0 spiro atoms. The van der Waals surface area contributed by atoms with Gasteiger partial charge in [-0.15, -0.1) is 10.2 Å². The van der Waals surface area contributed by atoms with Gasteiger partial charge in [0.05, 0.1) is 6.42 Å². The molecular weight excluding hydrogens is 258 g/mol. The zero-order valence-electron chi connectivity index (χ0n) is 10.7. The molecule has 20 heavy (non-hydrogen) atoms. The third-order valence-corrected chi connectivity index (χ3v) is 3.03. The van der Waals surface area contributed by atoms with Gasteiger partial charge < -0.3 is 10.2 Å². The van der Waals surface area contributed by atoms with Gasteiger partial charge in [0.2, 0.25) is 0 Å². The van der Waals surface area contributed by atoms with Gasteiger partial charge in [0.25, 0.3) is 0 Å². The lowest BCUT2D eigenvalue weighted by molar-refractivity contribution is -0.698. The maximum atomic E-state index is 8.86. The summed E-state index contributed by atoms with van der Waals surface area (Å²) in [5.74, 6) is 0. The lowest BCUT2D eigenvalue weighted by atomic mass is 10.2. The number of fused-ring (bicyclic) bond motifs is 1. The second kappa shape index (κ2) is 5.32. The lowest BCUT2D eigenvalue weighted by Gasteiger charge is -2.02. The Kier molecular flexibility index (Phi) is 3.36. The third-order valence-electron chi connectivity index (χ3n) is 3.03. The molecule has 0 atom stereocenters. The molecule has 3 aromatic heterocycles. The molecular formula is C13H14N5O2+. The molecule has 3 rings (SSSR count). The Morgan fingerprint density at radius 2 is 2.05 bits per heavy atom. The van der Waals surface area contributed by atoms with Crippen LogP contribution in [0.2, 0.25) is 0 Å². The first-order chi connectivity index (χ1) is 9.74. The summed E-state index contributed by atoms with van der Waals surface area (Å²) in [7, 11) is 0. The highest BCUT2D eigenvalue weighted by Crippen LogP contribution is 2.18. The summed E-state index contributed by atoms with van der Waals surface area (Å²) >= 11 is 0. The molecule has 3 aromatic rings. The van der Waals surface area contributed by atoms with Crippen LogP contribution in [0.4, 0.5) is 0 Å². The van der Waals surface area contributed by atoms with Crippen LogP contribution in [0.5, 0.6) is 0 Å². The van der Waals surface area contributed by atoms with Crippen LogP contribution in [0.1, 0.15) is 6.42 Å². The minimum atomic E-state index is -1.28. The number of aliphatic hydroxyl groups is 2. The van der Waals surface area contributed by atoms with Crippen molar-refractivity contribution in [2.45, 2.75) is 19.3 Å². The number of aryl methyl sites for hydroxylation is 1. The zero-order chi connectivity index (χ0) is 13.9. The second-order valence-corrected chi connectivity index (χ2v) is 4.43. The first-order valence-corrected chi connectivity index (χ1v) is 6.24. The normalized spacial score (nSPS) is 11.3. The van der Waals surface area contributed by atoms with Gasteiger partial charge in [-0.2, -0.15) is 0 Å². The Hall–Kier alpha value is -2.38. The molecule has 0 saturated carbocycles. The van der Waals surface area contributed by atoms with E-state index in [1.165, 1.54) is 0 Å². The fourth-order valence-corrected chi connectivity index (χ4v) is 1.99. The van der Waals surface area contributed by atoms with Crippen LogP contribution in [-0.4, -0.2) is 36.1 Å². The van der Waals surface area contributed by atoms with Crippen LogP contribution in [0, 0.1) is 0 Å². The quantitative estimate of drug-likeness (QED) is 0.506. The third kappa shape index (κ3) is 2.49. The summed E-state index contributed by atoms with van der Waals surface area (Å²) in [4.78, 5) is 4.34. The zero-order valence-corrected chi connectivity index (χ0v) is 10.7. The van der Waals surface area contributed by atoms with E-state index in [0.29, 0.717) is 18.6 Å². The van der Waals surface area contributed by atoms with Crippen molar-refractivity contribution in [3.63, 3.8) is 0 Å². The number of hydrogen-bond acceptors (Lipinski definition) is 5. The van der Waals surface area contributed by atoms with Gasteiger partial charge in [-0.1, -0.05) is 0 Å². The van der Waals surface area contributed by atoms with Crippen LogP contribution in [-0.2, 0) is 6.54 Å². The smallest absolute Gasteiger partial charge is 0.187 e. The molecule has 3 heterocycles. The summed E-state index contributed by atoms with van der Waals surface area (Å²) in [6, 6.07) is 3.83. The van der Waals surface area contributed by atoms with E-state index in [1.54, 1.807) is 18.7 Å². The minimum absolute atomic E-state index is 0.294. The van der Waals surface area contributed by atoms with Gasteiger partial charge >= 0.3 is 0 Å². The van der Waals surface area contributed by atoms with E-state index in [0.717, 1.165) is 11.3 Å². The van der Waals surface area contributed by atoms with Crippen molar-refractivity contribution in [2.75, 3.05) is 0 Å². The summed E-state index contributed by atoms with van der Waals surface area (Å²) in [5, 5.41) is 25.6. The molecule has 0 aliphatic rings. The predicted molar refractivity (Wildman–Crippen MR) is 69.3 cm³/mol. The summed E-state index contributed by atoms with van der Waals surface area (Å²) in [6.07, 6.45) is 7.89. The van der Waals surface area contributed by atoms with Crippen molar-refractivity contribution in [1.82, 2.24) is 19.6 Å². The Bertz CT molecular complexity index is 708. The molecule has 7 nitrogen and oxygen atoms in total. The van der Waals surface area contributed by atoms with Crippen molar-refractivity contribution in [3.05, 3.63) is 43.2 Å². The largest absolute Gasteiger partial charge is 0.368 e.